The zero-order chi connectivity index (χ0) is 50.5. The summed E-state index contributed by atoms with van der Waals surface area (Å²) in [6, 6.07) is 31.9. The van der Waals surface area contributed by atoms with Crippen LogP contribution in [0.4, 0.5) is 35.1 Å². The predicted octanol–water partition coefficient (Wildman–Crippen LogP) is 17.5. The van der Waals surface area contributed by atoms with Crippen molar-refractivity contribution in [2.45, 2.75) is 0 Å². The van der Waals surface area contributed by atoms with E-state index >= 15 is 0 Å². The number of ether oxygens (including phenoxy) is 2. The van der Waals surface area contributed by atoms with Crippen molar-refractivity contribution in [3.05, 3.63) is 192 Å². The minimum Gasteiger partial charge on any atom is -0.507 e. The molecule has 0 spiro atoms. The molecule has 8 aromatic carbocycles. The molecule has 4 nitrogen and oxygen atoms in total. The normalized spacial score (nSPS) is 10.4. The van der Waals surface area contributed by atoms with Crippen molar-refractivity contribution in [2.24, 2.45) is 0 Å². The molecule has 8 aromatic rings. The Morgan fingerprint density at radius 2 is 0.594 bits per heavy atom. The Kier molecular flexibility index (Phi) is 20.0. The largest absolute Gasteiger partial charge is 0.507 e. The van der Waals surface area contributed by atoms with Gasteiger partial charge in [0.1, 0.15) is 69.5 Å². The monoisotopic (exact) mass is 1180 g/mol. The SMILES string of the molecule is BrB(Br)Br.COc1ccc(-c2ccc(OC)c(-c3c(F)cccc3F)c2)cc1-c1c(F)cccc1F.ClCCl.Oc1ccc(-c2ccc(O)c(-c3c(F)cccc3F)c2)cc1-c1c(F)cccc1F. The number of aromatic hydroxyl groups is 2. The van der Waals surface area contributed by atoms with Gasteiger partial charge in [-0.25, -0.2) is 35.1 Å². The van der Waals surface area contributed by atoms with Gasteiger partial charge in [0.25, 0.3) is 0 Å². The van der Waals surface area contributed by atoms with E-state index in [1.165, 1.54) is 74.9 Å². The summed E-state index contributed by atoms with van der Waals surface area (Å²) in [5, 5.41) is 20.5. The van der Waals surface area contributed by atoms with Gasteiger partial charge in [-0.2, -0.15) is 0 Å². The quantitative estimate of drug-likeness (QED) is 0.0904. The average Bonchev–Trinajstić information content (AvgIpc) is 3.30. The van der Waals surface area contributed by atoms with E-state index in [4.69, 9.17) is 32.7 Å². The van der Waals surface area contributed by atoms with Crippen molar-refractivity contribution < 1.29 is 54.8 Å². The van der Waals surface area contributed by atoms with Crippen molar-refractivity contribution in [2.75, 3.05) is 19.6 Å². The highest BCUT2D eigenvalue weighted by molar-refractivity contribution is 9.69. The van der Waals surface area contributed by atoms with Crippen LogP contribution in [0, 0.1) is 46.5 Å². The van der Waals surface area contributed by atoms with Crippen molar-refractivity contribution in [3.8, 4) is 89.8 Å². The fourth-order valence-corrected chi connectivity index (χ4v) is 7.02. The minimum atomic E-state index is -0.845. The molecule has 0 atom stereocenters. The first-order valence-electron chi connectivity index (χ1n) is 19.8. The van der Waals surface area contributed by atoms with Gasteiger partial charge in [-0.1, -0.05) is 48.5 Å². The van der Waals surface area contributed by atoms with Crippen LogP contribution in [0.3, 0.4) is 0 Å². The van der Waals surface area contributed by atoms with Crippen LogP contribution in [0.2, 0.25) is 0 Å². The number of phenolic OH excluding ortho intramolecular Hbond substituents is 2. The lowest BCUT2D eigenvalue weighted by Gasteiger charge is -2.15. The number of halogens is 13. The van der Waals surface area contributed by atoms with Crippen LogP contribution in [0.5, 0.6) is 23.0 Å². The Bertz CT molecular complexity index is 2800. The number of methoxy groups -OCH3 is 2. The van der Waals surface area contributed by atoms with Crippen LogP contribution in [0.25, 0.3) is 66.8 Å². The number of hydrogen-bond donors (Lipinski definition) is 2. The number of hydrogen-bond acceptors (Lipinski definition) is 4. The second-order valence-electron chi connectivity index (χ2n) is 14.0. The number of alkyl halides is 2. The first kappa shape index (κ1) is 54.4. The Balaban J connectivity index is 0.000000227. The molecular weight excluding hydrogens is 1150 g/mol. The smallest absolute Gasteiger partial charge is 0.369 e. The summed E-state index contributed by atoms with van der Waals surface area (Å²) < 4.78 is 126. The van der Waals surface area contributed by atoms with Gasteiger partial charge in [-0.3, -0.25) is 0 Å². The molecule has 69 heavy (non-hydrogen) atoms. The van der Waals surface area contributed by atoms with Crippen molar-refractivity contribution in [3.63, 3.8) is 0 Å². The zero-order valence-electron chi connectivity index (χ0n) is 35.8. The van der Waals surface area contributed by atoms with Crippen LogP contribution in [0.15, 0.2) is 146 Å². The zero-order valence-corrected chi connectivity index (χ0v) is 42.0. The van der Waals surface area contributed by atoms with E-state index in [9.17, 15) is 45.3 Å². The summed E-state index contributed by atoms with van der Waals surface area (Å²) in [7, 11) is 2.81. The van der Waals surface area contributed by atoms with E-state index in [-0.39, 0.29) is 64.9 Å². The summed E-state index contributed by atoms with van der Waals surface area (Å²) in [6.07, 6.45) is 0. The van der Waals surface area contributed by atoms with Crippen LogP contribution in [0.1, 0.15) is 0 Å². The fraction of sp³-hybridized carbons (Fsp3) is 0.0588. The molecule has 0 heterocycles. The Labute approximate surface area is 427 Å². The maximum Gasteiger partial charge on any atom is 0.369 e. The number of phenols is 2. The van der Waals surface area contributed by atoms with Gasteiger partial charge in [0.15, 0.2) is 0 Å². The highest BCUT2D eigenvalue weighted by Gasteiger charge is 2.21. The molecule has 0 unspecified atom stereocenters. The third-order valence-corrected chi connectivity index (χ3v) is 9.99. The molecule has 0 saturated carbocycles. The van der Waals surface area contributed by atoms with E-state index in [1.807, 2.05) is 0 Å². The van der Waals surface area contributed by atoms with E-state index < -0.39 is 57.7 Å². The van der Waals surface area contributed by atoms with Crippen molar-refractivity contribution in [1.82, 2.24) is 0 Å². The molecular formula is C51H34BBr3Cl2F8O4. The molecule has 18 heteroatoms. The van der Waals surface area contributed by atoms with Gasteiger partial charge in [-0.05, 0) is 119 Å². The number of benzene rings is 8. The molecule has 2 N–H and O–H groups in total. The third-order valence-electron chi connectivity index (χ3n) is 9.99. The van der Waals surface area contributed by atoms with Crippen molar-refractivity contribution >= 4 is 73.7 Å². The molecule has 0 aliphatic heterocycles. The lowest BCUT2D eigenvalue weighted by Crippen LogP contribution is -1.96. The highest BCUT2D eigenvalue weighted by atomic mass is 79.9. The first-order chi connectivity index (χ1) is 32.9. The molecule has 356 valence electrons. The van der Waals surface area contributed by atoms with Gasteiger partial charge in [0.05, 0.1) is 41.8 Å². The predicted molar refractivity (Wildman–Crippen MR) is 271 cm³/mol. The van der Waals surface area contributed by atoms with E-state index in [2.05, 4.69) is 47.3 Å². The van der Waals surface area contributed by atoms with Crippen molar-refractivity contribution in [1.29, 1.82) is 0 Å². The van der Waals surface area contributed by atoms with E-state index in [0.29, 0.717) is 22.3 Å². The number of rotatable bonds is 8. The molecule has 8 rings (SSSR count). The summed E-state index contributed by atoms with van der Waals surface area (Å²) in [4.78, 5) is 0. The Morgan fingerprint density at radius 1 is 0.391 bits per heavy atom. The molecule has 0 bridgehead atoms. The van der Waals surface area contributed by atoms with Crippen LogP contribution in [-0.4, -0.2) is 33.0 Å². The van der Waals surface area contributed by atoms with E-state index in [0.717, 1.165) is 48.5 Å². The first-order valence-corrected chi connectivity index (χ1v) is 23.6. The van der Waals surface area contributed by atoms with Gasteiger partial charge < -0.3 is 19.7 Å². The van der Waals surface area contributed by atoms with Gasteiger partial charge in [-0.15, -0.1) is 70.5 Å². The van der Waals surface area contributed by atoms with Crippen LogP contribution in [-0.2, 0) is 0 Å². The third kappa shape index (κ3) is 13.4. The maximum absolute atomic E-state index is 14.5. The second kappa shape index (κ2) is 25.4. The topological polar surface area (TPSA) is 58.9 Å². The molecule has 0 aliphatic rings. The fourth-order valence-electron chi connectivity index (χ4n) is 7.02. The molecule has 0 amide bonds. The lowest BCUT2D eigenvalue weighted by atomic mass is 9.94. The molecule has 0 radical (unpaired) electrons. The van der Waals surface area contributed by atoms with Gasteiger partial charge >= 0.3 is 3.18 Å². The Hall–Kier alpha value is -5.52. The Morgan fingerprint density at radius 3 is 0.826 bits per heavy atom. The standard InChI is InChI=1S/C26H18F4O2.C24H14F4O2.CH2Cl2.BBr3/c1-31-23-11-9-15(13-17(23)25-19(27)5-3-6-20(25)28)16-10-12-24(32-2)18(14-16)26-21(29)7-4-8-22(26)30;25-17-3-1-4-18(26)23(17)15-11-13(7-9-21(15)29)14-8-10-22(30)16(12-14)24-19(27)5-2-6-20(24)28;2-1-3;2-1(3)4/h3-14H,1-2H3;1-12,29-30H;1H2;. The minimum absolute atomic E-state index is 0.0743. The average molecular weight is 1180 g/mol. The molecule has 0 saturated heterocycles. The maximum atomic E-state index is 14.5. The summed E-state index contributed by atoms with van der Waals surface area (Å²) in [5.41, 5.74) is 1.04. The second-order valence-corrected chi connectivity index (χ2v) is 21.3. The van der Waals surface area contributed by atoms with Gasteiger partial charge in [0, 0.05) is 22.3 Å². The molecule has 0 aliphatic carbocycles. The van der Waals surface area contributed by atoms with E-state index in [1.54, 1.807) is 36.4 Å². The molecule has 0 aromatic heterocycles. The summed E-state index contributed by atoms with van der Waals surface area (Å²) in [5.74, 6) is -6.40. The summed E-state index contributed by atoms with van der Waals surface area (Å²) >= 11 is 18.8. The van der Waals surface area contributed by atoms with Crippen LogP contribution >= 0.6 is 70.5 Å². The molecule has 0 fully saturated rings. The van der Waals surface area contributed by atoms with Crippen LogP contribution < -0.4 is 9.47 Å². The lowest BCUT2D eigenvalue weighted by molar-refractivity contribution is 0.415. The van der Waals surface area contributed by atoms with Gasteiger partial charge in [0.2, 0.25) is 0 Å². The summed E-state index contributed by atoms with van der Waals surface area (Å²) in [6.45, 7) is 0. The highest BCUT2D eigenvalue weighted by Crippen LogP contribution is 2.42.